The first-order valence-electron chi connectivity index (χ1n) is 3.76. The second-order valence-electron chi connectivity index (χ2n) is 2.57. The molecular formula is C7H15NO2S. The van der Waals surface area contributed by atoms with Crippen molar-refractivity contribution >= 4 is 18.6 Å². The van der Waals surface area contributed by atoms with Gasteiger partial charge in [-0.15, -0.1) is 0 Å². The van der Waals surface area contributed by atoms with Crippen LogP contribution in [0.25, 0.3) is 0 Å². The van der Waals surface area contributed by atoms with Crippen molar-refractivity contribution in [3.8, 4) is 0 Å². The number of unbranched alkanes of at least 4 members (excludes halogenated alkanes) is 1. The number of carboxylic acids is 1. The minimum Gasteiger partial charge on any atom is -0.480 e. The first-order chi connectivity index (χ1) is 5.09. The molecule has 0 spiro atoms. The molecule has 3 N–H and O–H groups in total. The van der Waals surface area contributed by atoms with E-state index in [1.165, 1.54) is 0 Å². The van der Waals surface area contributed by atoms with Crippen LogP contribution in [0, 0.1) is 0 Å². The van der Waals surface area contributed by atoms with E-state index in [1.807, 2.05) is 6.92 Å². The zero-order valence-electron chi connectivity index (χ0n) is 6.66. The summed E-state index contributed by atoms with van der Waals surface area (Å²) < 4.78 is 0. The minimum atomic E-state index is -0.971. The van der Waals surface area contributed by atoms with Gasteiger partial charge in [-0.05, 0) is 6.42 Å². The summed E-state index contributed by atoms with van der Waals surface area (Å²) in [4.78, 5) is 10.3. The Morgan fingerprint density at radius 2 is 2.27 bits per heavy atom. The molecule has 0 aliphatic heterocycles. The van der Waals surface area contributed by atoms with Crippen molar-refractivity contribution in [2.24, 2.45) is 5.73 Å². The van der Waals surface area contributed by atoms with Gasteiger partial charge in [-0.1, -0.05) is 19.8 Å². The van der Waals surface area contributed by atoms with Crippen LogP contribution < -0.4 is 5.73 Å². The Morgan fingerprint density at radius 1 is 1.73 bits per heavy atom. The number of hydrogen-bond donors (Lipinski definition) is 3. The zero-order valence-corrected chi connectivity index (χ0v) is 7.55. The van der Waals surface area contributed by atoms with E-state index in [2.05, 4.69) is 12.6 Å². The largest absolute Gasteiger partial charge is 0.480 e. The molecule has 0 heterocycles. The third-order valence-corrected chi connectivity index (χ3v) is 2.13. The van der Waals surface area contributed by atoms with Crippen LogP contribution in [0.3, 0.4) is 0 Å². The van der Waals surface area contributed by atoms with Crippen molar-refractivity contribution in [3.63, 3.8) is 0 Å². The van der Waals surface area contributed by atoms with Crippen molar-refractivity contribution in [2.45, 2.75) is 37.5 Å². The summed E-state index contributed by atoms with van der Waals surface area (Å²) in [5.74, 6) is -0.971. The van der Waals surface area contributed by atoms with Gasteiger partial charge in [0.1, 0.15) is 6.04 Å². The van der Waals surface area contributed by atoms with Crippen molar-refractivity contribution in [1.29, 1.82) is 0 Å². The lowest BCUT2D eigenvalue weighted by atomic mass is 10.1. The maximum absolute atomic E-state index is 10.3. The molecule has 0 fully saturated rings. The van der Waals surface area contributed by atoms with E-state index in [9.17, 15) is 4.79 Å². The van der Waals surface area contributed by atoms with Gasteiger partial charge in [-0.25, -0.2) is 0 Å². The number of aliphatic carboxylic acids is 1. The molecule has 0 aromatic heterocycles. The molecule has 3 nitrogen and oxygen atoms in total. The Bertz CT molecular complexity index is 130. The smallest absolute Gasteiger partial charge is 0.321 e. The van der Waals surface area contributed by atoms with Gasteiger partial charge < -0.3 is 10.8 Å². The number of thiol groups is 1. The number of rotatable bonds is 5. The van der Waals surface area contributed by atoms with E-state index in [4.69, 9.17) is 10.8 Å². The van der Waals surface area contributed by atoms with Gasteiger partial charge in [-0.3, -0.25) is 4.79 Å². The topological polar surface area (TPSA) is 63.3 Å². The van der Waals surface area contributed by atoms with Crippen molar-refractivity contribution in [2.75, 3.05) is 0 Å². The summed E-state index contributed by atoms with van der Waals surface area (Å²) in [5.41, 5.74) is 5.32. The molecule has 0 aliphatic carbocycles. The highest BCUT2D eigenvalue weighted by Gasteiger charge is 2.19. The SMILES string of the molecule is CCCCC(S)[C@H](N)C(=O)O. The van der Waals surface area contributed by atoms with Crippen molar-refractivity contribution in [1.82, 2.24) is 0 Å². The van der Waals surface area contributed by atoms with Gasteiger partial charge in [0.25, 0.3) is 0 Å². The van der Waals surface area contributed by atoms with E-state index in [-0.39, 0.29) is 5.25 Å². The van der Waals surface area contributed by atoms with Crippen LogP contribution >= 0.6 is 12.6 Å². The molecule has 0 rings (SSSR count). The minimum absolute atomic E-state index is 0.215. The van der Waals surface area contributed by atoms with Gasteiger partial charge in [0.05, 0.1) is 0 Å². The molecule has 4 heteroatoms. The van der Waals surface area contributed by atoms with Crippen LogP contribution in [0.2, 0.25) is 0 Å². The summed E-state index contributed by atoms with van der Waals surface area (Å²) in [6, 6.07) is -0.829. The van der Waals surface area contributed by atoms with E-state index < -0.39 is 12.0 Å². The van der Waals surface area contributed by atoms with Gasteiger partial charge in [-0.2, -0.15) is 12.6 Å². The molecule has 66 valence electrons. The maximum Gasteiger partial charge on any atom is 0.321 e. The normalized spacial score (nSPS) is 15.9. The first-order valence-corrected chi connectivity index (χ1v) is 4.27. The number of nitrogens with two attached hydrogens (primary N) is 1. The molecule has 0 saturated carbocycles. The fourth-order valence-corrected chi connectivity index (χ4v) is 1.07. The molecular weight excluding hydrogens is 162 g/mol. The summed E-state index contributed by atoms with van der Waals surface area (Å²) >= 11 is 4.09. The molecule has 0 saturated heterocycles. The second kappa shape index (κ2) is 5.43. The first kappa shape index (κ1) is 10.8. The zero-order chi connectivity index (χ0) is 8.85. The van der Waals surface area contributed by atoms with Crippen molar-refractivity contribution in [3.05, 3.63) is 0 Å². The predicted octanol–water partition coefficient (Wildman–Crippen LogP) is 0.887. The van der Waals surface area contributed by atoms with Crippen LogP contribution in [0.5, 0.6) is 0 Å². The lowest BCUT2D eigenvalue weighted by molar-refractivity contribution is -0.138. The number of carboxylic acid groups (broad SMARTS) is 1. The maximum atomic E-state index is 10.3. The Labute approximate surface area is 72.4 Å². The Morgan fingerprint density at radius 3 is 2.64 bits per heavy atom. The van der Waals surface area contributed by atoms with E-state index in [0.29, 0.717) is 0 Å². The quantitative estimate of drug-likeness (QED) is 0.546. The average Bonchev–Trinajstić information content (AvgIpc) is 1.98. The Balaban J connectivity index is 3.63. The monoisotopic (exact) mass is 177 g/mol. The standard InChI is InChI=1S/C7H15NO2S/c1-2-3-4-5(11)6(8)7(9)10/h5-6,11H,2-4,8H2,1H3,(H,9,10)/t5?,6-/m0/s1. The molecule has 11 heavy (non-hydrogen) atoms. The lowest BCUT2D eigenvalue weighted by Gasteiger charge is -2.13. The lowest BCUT2D eigenvalue weighted by Crippen LogP contribution is -2.38. The molecule has 0 bridgehead atoms. The highest BCUT2D eigenvalue weighted by molar-refractivity contribution is 7.81. The molecule has 0 aromatic carbocycles. The summed E-state index contributed by atoms with van der Waals surface area (Å²) in [5, 5.41) is 8.26. The number of hydrogen-bond acceptors (Lipinski definition) is 3. The van der Waals surface area contributed by atoms with Crippen LogP contribution in [-0.2, 0) is 4.79 Å². The summed E-state index contributed by atoms with van der Waals surface area (Å²) in [7, 11) is 0. The average molecular weight is 177 g/mol. The highest BCUT2D eigenvalue weighted by atomic mass is 32.1. The second-order valence-corrected chi connectivity index (χ2v) is 3.24. The Kier molecular flexibility index (Phi) is 5.32. The van der Waals surface area contributed by atoms with Gasteiger partial charge in [0, 0.05) is 5.25 Å². The molecule has 2 atom stereocenters. The fraction of sp³-hybridized carbons (Fsp3) is 0.857. The molecule has 0 aromatic rings. The summed E-state index contributed by atoms with van der Waals surface area (Å²) in [6.45, 7) is 2.05. The third-order valence-electron chi connectivity index (χ3n) is 1.55. The molecule has 0 radical (unpaired) electrons. The van der Waals surface area contributed by atoms with Gasteiger partial charge >= 0.3 is 5.97 Å². The molecule has 1 unspecified atom stereocenters. The van der Waals surface area contributed by atoms with E-state index in [0.717, 1.165) is 19.3 Å². The van der Waals surface area contributed by atoms with E-state index in [1.54, 1.807) is 0 Å². The van der Waals surface area contributed by atoms with Gasteiger partial charge in [0.15, 0.2) is 0 Å². The number of carbonyl (C=O) groups is 1. The van der Waals surface area contributed by atoms with Crippen LogP contribution in [0.15, 0.2) is 0 Å². The highest BCUT2D eigenvalue weighted by Crippen LogP contribution is 2.09. The van der Waals surface area contributed by atoms with Crippen molar-refractivity contribution < 1.29 is 9.90 Å². The van der Waals surface area contributed by atoms with E-state index >= 15 is 0 Å². The molecule has 0 aliphatic rings. The summed E-state index contributed by atoms with van der Waals surface area (Å²) in [6.07, 6.45) is 2.80. The van der Waals surface area contributed by atoms with Crippen LogP contribution in [0.4, 0.5) is 0 Å². The molecule has 0 amide bonds. The fourth-order valence-electron chi connectivity index (χ4n) is 0.757. The van der Waals surface area contributed by atoms with Crippen LogP contribution in [-0.4, -0.2) is 22.4 Å². The van der Waals surface area contributed by atoms with Gasteiger partial charge in [0.2, 0.25) is 0 Å². The third kappa shape index (κ3) is 4.27. The predicted molar refractivity (Wildman–Crippen MR) is 47.9 cm³/mol. The Hall–Kier alpha value is -0.220. The van der Waals surface area contributed by atoms with Crippen LogP contribution in [0.1, 0.15) is 26.2 Å².